The van der Waals surface area contributed by atoms with Gasteiger partial charge in [0.05, 0.1) is 11.9 Å². The maximum Gasteiger partial charge on any atom is 0.266 e. The molecule has 1 aliphatic heterocycles. The molecule has 1 atom stereocenters. The lowest BCUT2D eigenvalue weighted by molar-refractivity contribution is 0.0995. The summed E-state index contributed by atoms with van der Waals surface area (Å²) >= 11 is 0. The number of H-pyrrole nitrogens is 1. The van der Waals surface area contributed by atoms with Crippen molar-refractivity contribution in [2.75, 3.05) is 13.1 Å². The van der Waals surface area contributed by atoms with E-state index in [2.05, 4.69) is 32.8 Å². The molecule has 1 amide bonds. The highest BCUT2D eigenvalue weighted by molar-refractivity contribution is 5.90. The van der Waals surface area contributed by atoms with E-state index in [0.29, 0.717) is 17.7 Å². The number of piperidine rings is 1. The molecule has 0 saturated carbocycles. The highest BCUT2D eigenvalue weighted by Crippen LogP contribution is 2.30. The monoisotopic (exact) mass is 299 g/mol. The van der Waals surface area contributed by atoms with Crippen molar-refractivity contribution in [3.63, 3.8) is 0 Å². The Morgan fingerprint density at radius 2 is 2.14 bits per heavy atom. The third-order valence-electron chi connectivity index (χ3n) is 4.44. The molecule has 6 nitrogen and oxygen atoms in total. The van der Waals surface area contributed by atoms with Crippen LogP contribution in [-0.2, 0) is 0 Å². The number of pyridine rings is 1. The van der Waals surface area contributed by atoms with Crippen LogP contribution in [0.1, 0.15) is 53.7 Å². The van der Waals surface area contributed by atoms with Crippen LogP contribution in [0.5, 0.6) is 0 Å². The first kappa shape index (κ1) is 14.7. The van der Waals surface area contributed by atoms with Gasteiger partial charge in [0.15, 0.2) is 0 Å². The first-order chi connectivity index (χ1) is 10.6. The minimum atomic E-state index is -0.458. The molecule has 1 aliphatic rings. The van der Waals surface area contributed by atoms with Crippen LogP contribution in [0, 0.1) is 0 Å². The first-order valence-corrected chi connectivity index (χ1v) is 7.65. The maximum absolute atomic E-state index is 11.1. The number of carbonyl (C=O) groups excluding carboxylic acids is 1. The van der Waals surface area contributed by atoms with E-state index in [4.69, 9.17) is 5.73 Å². The predicted octanol–water partition coefficient (Wildman–Crippen LogP) is 1.84. The van der Waals surface area contributed by atoms with E-state index in [1.165, 1.54) is 6.20 Å². The Balaban J connectivity index is 1.61. The van der Waals surface area contributed by atoms with Crippen LogP contribution >= 0.6 is 0 Å². The molecule has 0 radical (unpaired) electrons. The van der Waals surface area contributed by atoms with Crippen molar-refractivity contribution in [2.24, 2.45) is 5.73 Å². The minimum Gasteiger partial charge on any atom is -0.364 e. The molecule has 3 N–H and O–H groups in total. The lowest BCUT2D eigenvalue weighted by Gasteiger charge is -2.35. The molecule has 1 unspecified atom stereocenters. The van der Waals surface area contributed by atoms with Crippen LogP contribution in [0.2, 0.25) is 0 Å². The van der Waals surface area contributed by atoms with E-state index in [1.807, 2.05) is 18.3 Å². The molecule has 0 bridgehead atoms. The van der Waals surface area contributed by atoms with Gasteiger partial charge in [-0.1, -0.05) is 6.07 Å². The Hall–Kier alpha value is -2.21. The van der Waals surface area contributed by atoms with Gasteiger partial charge >= 0.3 is 0 Å². The molecule has 6 heteroatoms. The van der Waals surface area contributed by atoms with E-state index in [1.54, 1.807) is 0 Å². The highest BCUT2D eigenvalue weighted by Gasteiger charge is 2.26. The van der Waals surface area contributed by atoms with Crippen LogP contribution in [0.4, 0.5) is 0 Å². The quantitative estimate of drug-likeness (QED) is 0.901. The second-order valence-corrected chi connectivity index (χ2v) is 5.79. The van der Waals surface area contributed by atoms with Gasteiger partial charge < -0.3 is 10.7 Å². The number of imidazole rings is 1. The normalized spacial score (nSPS) is 18.2. The molecule has 3 heterocycles. The summed E-state index contributed by atoms with van der Waals surface area (Å²) in [6.07, 6.45) is 5.40. The summed E-state index contributed by atoms with van der Waals surface area (Å²) in [4.78, 5) is 25.4. The highest BCUT2D eigenvalue weighted by atomic mass is 16.1. The fraction of sp³-hybridized carbons (Fsp3) is 0.438. The number of nitrogens with one attached hydrogen (secondary N) is 1. The van der Waals surface area contributed by atoms with Gasteiger partial charge in [0.25, 0.3) is 5.91 Å². The molecule has 1 fully saturated rings. The summed E-state index contributed by atoms with van der Waals surface area (Å²) in [5, 5.41) is 0. The Labute approximate surface area is 129 Å². The molecular formula is C16H21N5O. The summed E-state index contributed by atoms with van der Waals surface area (Å²) in [5.41, 5.74) is 6.75. The van der Waals surface area contributed by atoms with E-state index in [0.717, 1.165) is 37.4 Å². The third kappa shape index (κ3) is 3.01. The average molecular weight is 299 g/mol. The summed E-state index contributed by atoms with van der Waals surface area (Å²) in [6, 6.07) is 6.36. The Morgan fingerprint density at radius 3 is 2.73 bits per heavy atom. The number of aromatic amines is 1. The largest absolute Gasteiger partial charge is 0.364 e. The molecule has 3 rings (SSSR count). The Kier molecular flexibility index (Phi) is 4.20. The number of aromatic nitrogens is 3. The van der Waals surface area contributed by atoms with Gasteiger partial charge in [-0.05, 0) is 45.0 Å². The number of nitrogens with two attached hydrogens (primary N) is 1. The number of amides is 1. The zero-order valence-electron chi connectivity index (χ0n) is 12.7. The second-order valence-electron chi connectivity index (χ2n) is 5.79. The number of rotatable bonds is 4. The van der Waals surface area contributed by atoms with Gasteiger partial charge in [-0.3, -0.25) is 14.7 Å². The van der Waals surface area contributed by atoms with Gasteiger partial charge in [0.1, 0.15) is 11.5 Å². The molecule has 0 aliphatic carbocycles. The van der Waals surface area contributed by atoms with Gasteiger partial charge in [-0.2, -0.15) is 0 Å². The average Bonchev–Trinajstić information content (AvgIpc) is 3.05. The summed E-state index contributed by atoms with van der Waals surface area (Å²) in [7, 11) is 0. The van der Waals surface area contributed by atoms with Gasteiger partial charge in [0.2, 0.25) is 0 Å². The van der Waals surface area contributed by atoms with E-state index < -0.39 is 5.91 Å². The van der Waals surface area contributed by atoms with Crippen molar-refractivity contribution in [1.29, 1.82) is 0 Å². The SMILES string of the molecule is CC(c1ccccn1)N1CCC(c2ncc(C(N)=O)[nH]2)CC1. The number of nitrogens with zero attached hydrogens (tertiary/aromatic N) is 3. The van der Waals surface area contributed by atoms with Crippen LogP contribution in [0.3, 0.4) is 0 Å². The summed E-state index contributed by atoms with van der Waals surface area (Å²) in [6.45, 7) is 4.19. The zero-order chi connectivity index (χ0) is 15.5. The van der Waals surface area contributed by atoms with Gasteiger partial charge in [0, 0.05) is 18.2 Å². The zero-order valence-corrected chi connectivity index (χ0v) is 12.7. The minimum absolute atomic E-state index is 0.319. The lowest BCUT2D eigenvalue weighted by Crippen LogP contribution is -2.35. The van der Waals surface area contributed by atoms with E-state index in [-0.39, 0.29) is 0 Å². The fourth-order valence-corrected chi connectivity index (χ4v) is 3.04. The van der Waals surface area contributed by atoms with Crippen molar-refractivity contribution in [1.82, 2.24) is 19.9 Å². The second kappa shape index (κ2) is 6.27. The molecular weight excluding hydrogens is 278 g/mol. The van der Waals surface area contributed by atoms with E-state index in [9.17, 15) is 4.79 Å². The Morgan fingerprint density at radius 1 is 1.36 bits per heavy atom. The maximum atomic E-state index is 11.1. The van der Waals surface area contributed by atoms with Crippen molar-refractivity contribution < 1.29 is 4.79 Å². The number of likely N-dealkylation sites (tertiary alicyclic amines) is 1. The number of primary amides is 1. The van der Waals surface area contributed by atoms with Crippen molar-refractivity contribution in [2.45, 2.75) is 31.7 Å². The Bertz CT molecular complexity index is 631. The lowest BCUT2D eigenvalue weighted by atomic mass is 9.95. The third-order valence-corrected chi connectivity index (χ3v) is 4.44. The van der Waals surface area contributed by atoms with Gasteiger partial charge in [-0.15, -0.1) is 0 Å². The molecule has 0 aromatic carbocycles. The van der Waals surface area contributed by atoms with Crippen LogP contribution < -0.4 is 5.73 Å². The number of carbonyl (C=O) groups is 1. The molecule has 2 aromatic heterocycles. The van der Waals surface area contributed by atoms with Gasteiger partial charge in [-0.25, -0.2) is 4.98 Å². The molecule has 22 heavy (non-hydrogen) atoms. The molecule has 1 saturated heterocycles. The summed E-state index contributed by atoms with van der Waals surface area (Å²) < 4.78 is 0. The number of hydrogen-bond acceptors (Lipinski definition) is 4. The van der Waals surface area contributed by atoms with Crippen molar-refractivity contribution >= 4 is 5.91 Å². The smallest absolute Gasteiger partial charge is 0.266 e. The van der Waals surface area contributed by atoms with Crippen LogP contribution in [0.15, 0.2) is 30.6 Å². The van der Waals surface area contributed by atoms with E-state index >= 15 is 0 Å². The topological polar surface area (TPSA) is 87.9 Å². The van der Waals surface area contributed by atoms with Crippen molar-refractivity contribution in [3.8, 4) is 0 Å². The van der Waals surface area contributed by atoms with Crippen LogP contribution in [-0.4, -0.2) is 38.8 Å². The molecule has 116 valence electrons. The molecule has 2 aromatic rings. The predicted molar refractivity (Wildman–Crippen MR) is 83.3 cm³/mol. The molecule has 0 spiro atoms. The fourth-order valence-electron chi connectivity index (χ4n) is 3.04. The number of hydrogen-bond donors (Lipinski definition) is 2. The first-order valence-electron chi connectivity index (χ1n) is 7.65. The summed E-state index contributed by atoms with van der Waals surface area (Å²) in [5.74, 6) is 0.777. The van der Waals surface area contributed by atoms with Crippen LogP contribution in [0.25, 0.3) is 0 Å². The van der Waals surface area contributed by atoms with Crippen molar-refractivity contribution in [3.05, 3.63) is 47.8 Å². The standard InChI is InChI=1S/C16H21N5O/c1-11(13-4-2-3-7-18-13)21-8-5-12(6-9-21)16-19-10-14(20-16)15(17)22/h2-4,7,10-12H,5-6,8-9H2,1H3,(H2,17,22)(H,19,20).